The molecule has 2 heterocycles. The van der Waals surface area contributed by atoms with E-state index in [0.29, 0.717) is 5.15 Å². The number of halogens is 1. The van der Waals surface area contributed by atoms with Crippen LogP contribution in [0.25, 0.3) is 0 Å². The van der Waals surface area contributed by atoms with E-state index in [0.717, 1.165) is 11.4 Å². The van der Waals surface area contributed by atoms with Gasteiger partial charge >= 0.3 is 0 Å². The summed E-state index contributed by atoms with van der Waals surface area (Å²) in [4.78, 5) is 14.6. The van der Waals surface area contributed by atoms with E-state index in [1.165, 1.54) is 5.56 Å². The molecule has 1 aliphatic rings. The van der Waals surface area contributed by atoms with Gasteiger partial charge in [-0.3, -0.25) is 4.79 Å². The van der Waals surface area contributed by atoms with Gasteiger partial charge in [-0.25, -0.2) is 9.13 Å². The molecule has 0 aliphatic carbocycles. The zero-order chi connectivity index (χ0) is 16.8. The average molecular weight is 331 g/mol. The zero-order valence-corrected chi connectivity index (χ0v) is 14.6. The third kappa shape index (κ3) is 2.68. The predicted molar refractivity (Wildman–Crippen MR) is 91.6 cm³/mol. The van der Waals surface area contributed by atoms with Crippen molar-refractivity contribution in [3.05, 3.63) is 59.3 Å². The maximum Gasteiger partial charge on any atom is 0.245 e. The van der Waals surface area contributed by atoms with Crippen molar-refractivity contribution in [2.75, 3.05) is 11.9 Å². The van der Waals surface area contributed by atoms with Gasteiger partial charge in [-0.05, 0) is 23.2 Å². The summed E-state index contributed by atoms with van der Waals surface area (Å²) in [5.74, 6) is 0.0556. The highest BCUT2D eigenvalue weighted by atomic mass is 35.5. The van der Waals surface area contributed by atoms with E-state index in [2.05, 4.69) is 30.9 Å². The van der Waals surface area contributed by atoms with Crippen LogP contribution in [0.5, 0.6) is 0 Å². The van der Waals surface area contributed by atoms with Crippen molar-refractivity contribution >= 4 is 23.1 Å². The van der Waals surface area contributed by atoms with Crippen molar-refractivity contribution in [1.82, 2.24) is 4.57 Å². The molecule has 0 bridgehead atoms. The minimum absolute atomic E-state index is 0.0556. The lowest BCUT2D eigenvalue weighted by Gasteiger charge is -2.23. The first-order valence-electron chi connectivity index (χ1n) is 7.60. The second kappa shape index (κ2) is 5.53. The number of ketones is 1. The fourth-order valence-electron chi connectivity index (χ4n) is 3.26. The molecule has 0 fully saturated rings. The summed E-state index contributed by atoms with van der Waals surface area (Å²) in [6, 6.07) is 8.29. The summed E-state index contributed by atoms with van der Waals surface area (Å²) in [5.41, 5.74) is 3.25. The second-order valence-corrected chi connectivity index (χ2v) is 6.93. The van der Waals surface area contributed by atoms with Gasteiger partial charge in [-0.2, -0.15) is 0 Å². The van der Waals surface area contributed by atoms with Crippen LogP contribution in [0.15, 0.2) is 48.6 Å². The summed E-state index contributed by atoms with van der Waals surface area (Å²) < 4.78 is 3.58. The quantitative estimate of drug-likeness (QED) is 0.639. The molecule has 120 valence electrons. The van der Waals surface area contributed by atoms with E-state index >= 15 is 0 Å². The molecule has 0 unspecified atom stereocenters. The van der Waals surface area contributed by atoms with Gasteiger partial charge in [0, 0.05) is 29.9 Å². The highest BCUT2D eigenvalue weighted by Crippen LogP contribution is 2.46. The first-order valence-corrected chi connectivity index (χ1v) is 7.97. The molecule has 1 aliphatic heterocycles. The molecule has 23 heavy (non-hydrogen) atoms. The number of hydrogen-bond acceptors (Lipinski definition) is 2. The summed E-state index contributed by atoms with van der Waals surface area (Å²) in [5, 5.41) is 0.608. The van der Waals surface area contributed by atoms with Crippen LogP contribution in [0.3, 0.4) is 0 Å². The van der Waals surface area contributed by atoms with Gasteiger partial charge in [-0.1, -0.05) is 32.0 Å². The molecule has 1 aromatic heterocycles. The van der Waals surface area contributed by atoms with Gasteiger partial charge < -0.3 is 4.90 Å². The van der Waals surface area contributed by atoms with Crippen molar-refractivity contribution in [2.45, 2.75) is 25.8 Å². The Kier molecular flexibility index (Phi) is 3.80. The number of carbonyl (C=O) groups is 1. The number of benzene rings is 1. The van der Waals surface area contributed by atoms with Crippen molar-refractivity contribution in [3.63, 3.8) is 0 Å². The number of imidazole rings is 1. The molecule has 0 atom stereocenters. The lowest BCUT2D eigenvalue weighted by molar-refractivity contribution is -0.683. The normalized spacial score (nSPS) is 17.6. The Balaban J connectivity index is 1.89. The third-order valence-corrected chi connectivity index (χ3v) is 4.87. The molecule has 1 aromatic carbocycles. The Hall–Kier alpha value is -2.07. The Labute approximate surface area is 141 Å². The minimum Gasteiger partial charge on any atom is -0.347 e. The van der Waals surface area contributed by atoms with Crippen LogP contribution < -0.4 is 9.47 Å². The maximum absolute atomic E-state index is 12.5. The van der Waals surface area contributed by atoms with E-state index in [-0.39, 0.29) is 17.7 Å². The fraction of sp³-hybridized carbons (Fsp3) is 0.333. The molecular formula is C18H21ClN3O+. The number of likely N-dealkylation sites (N-methyl/N-ethyl adjacent to an activating group) is 1. The van der Waals surface area contributed by atoms with Crippen LogP contribution in [-0.4, -0.2) is 17.4 Å². The monoisotopic (exact) mass is 330 g/mol. The van der Waals surface area contributed by atoms with E-state index in [1.54, 1.807) is 21.4 Å². The standard InChI is InChI=1S/C18H21ClN3O/c1-18(2)14-7-5-6-8-15(14)21(4)16(18)9-13(23)10-22-11-17(19)20(3)12-22/h5-9,11-12H,10H2,1-4H3/q+1/b16-9-. The summed E-state index contributed by atoms with van der Waals surface area (Å²) >= 11 is 6.02. The number of allylic oxidation sites excluding steroid dienone is 2. The highest BCUT2D eigenvalue weighted by molar-refractivity contribution is 6.29. The van der Waals surface area contributed by atoms with E-state index in [4.69, 9.17) is 11.6 Å². The number of aromatic nitrogens is 2. The number of aryl methyl sites for hydroxylation is 1. The Morgan fingerprint density at radius 2 is 2.00 bits per heavy atom. The van der Waals surface area contributed by atoms with Crippen molar-refractivity contribution < 1.29 is 9.36 Å². The summed E-state index contributed by atoms with van der Waals surface area (Å²) in [6.45, 7) is 4.59. The van der Waals surface area contributed by atoms with Crippen LogP contribution in [0.1, 0.15) is 19.4 Å². The number of hydrogen-bond donors (Lipinski definition) is 0. The first-order chi connectivity index (χ1) is 10.8. The minimum atomic E-state index is -0.181. The lowest BCUT2D eigenvalue weighted by Crippen LogP contribution is -2.36. The predicted octanol–water partition coefficient (Wildman–Crippen LogP) is 2.85. The van der Waals surface area contributed by atoms with Crippen molar-refractivity contribution in [2.24, 2.45) is 7.05 Å². The van der Waals surface area contributed by atoms with E-state index in [1.807, 2.05) is 32.6 Å². The highest BCUT2D eigenvalue weighted by Gasteiger charge is 2.38. The first kappa shape index (κ1) is 15.8. The number of carbonyl (C=O) groups excluding carboxylic acids is 1. The molecule has 0 radical (unpaired) electrons. The number of fused-ring (bicyclic) bond motifs is 1. The van der Waals surface area contributed by atoms with Crippen LogP contribution in [0.2, 0.25) is 5.15 Å². The number of anilines is 1. The maximum atomic E-state index is 12.5. The lowest BCUT2D eigenvalue weighted by atomic mass is 9.83. The molecular weight excluding hydrogens is 310 g/mol. The molecule has 0 amide bonds. The molecule has 5 heteroatoms. The average Bonchev–Trinajstić information content (AvgIpc) is 2.90. The van der Waals surface area contributed by atoms with E-state index in [9.17, 15) is 4.79 Å². The zero-order valence-electron chi connectivity index (χ0n) is 13.9. The van der Waals surface area contributed by atoms with Crippen molar-refractivity contribution in [3.8, 4) is 0 Å². The Morgan fingerprint density at radius 1 is 1.30 bits per heavy atom. The van der Waals surface area contributed by atoms with E-state index < -0.39 is 0 Å². The van der Waals surface area contributed by atoms with Gasteiger partial charge in [0.1, 0.15) is 6.20 Å². The Morgan fingerprint density at radius 3 is 2.61 bits per heavy atom. The van der Waals surface area contributed by atoms with Gasteiger partial charge in [0.05, 0.1) is 7.05 Å². The van der Waals surface area contributed by atoms with Crippen molar-refractivity contribution in [1.29, 1.82) is 0 Å². The molecule has 0 spiro atoms. The van der Waals surface area contributed by atoms with Crippen LogP contribution >= 0.6 is 11.6 Å². The Bertz CT molecular complexity index is 785. The molecule has 0 N–H and O–H groups in total. The molecule has 4 nitrogen and oxygen atoms in total. The summed E-state index contributed by atoms with van der Waals surface area (Å²) in [7, 11) is 3.87. The SMILES string of the molecule is CN1/C(=C\C(=O)C[n+]2cc(Cl)n(C)c2)C(C)(C)c2ccccc21. The number of nitrogens with zero attached hydrogens (tertiary/aromatic N) is 3. The molecule has 0 saturated carbocycles. The third-order valence-electron chi connectivity index (χ3n) is 4.51. The van der Waals surface area contributed by atoms with Gasteiger partial charge in [0.25, 0.3) is 0 Å². The number of rotatable bonds is 3. The fourth-order valence-corrected chi connectivity index (χ4v) is 3.43. The number of para-hydroxylation sites is 1. The van der Waals surface area contributed by atoms with Crippen LogP contribution in [-0.2, 0) is 23.8 Å². The second-order valence-electron chi connectivity index (χ2n) is 6.55. The smallest absolute Gasteiger partial charge is 0.245 e. The van der Waals surface area contributed by atoms with Crippen LogP contribution in [0.4, 0.5) is 5.69 Å². The molecule has 0 saturated heterocycles. The molecule has 2 aromatic rings. The summed E-state index contributed by atoms with van der Waals surface area (Å²) in [6.07, 6.45) is 5.33. The topological polar surface area (TPSA) is 29.1 Å². The van der Waals surface area contributed by atoms with Gasteiger partial charge in [0.15, 0.2) is 12.3 Å². The van der Waals surface area contributed by atoms with Crippen LogP contribution in [0, 0.1) is 0 Å². The molecule has 3 rings (SSSR count). The van der Waals surface area contributed by atoms with Gasteiger partial charge in [-0.15, -0.1) is 0 Å². The largest absolute Gasteiger partial charge is 0.347 e. The van der Waals surface area contributed by atoms with Gasteiger partial charge in [0.2, 0.25) is 11.5 Å².